The number of ketones is 1. The second-order valence-electron chi connectivity index (χ2n) is 7.58. The zero-order chi connectivity index (χ0) is 24.0. The maximum atomic E-state index is 13.1. The lowest BCUT2D eigenvalue weighted by atomic mass is 9.99. The number of carbonyl (C=O) groups is 2. The van der Waals surface area contributed by atoms with Crippen LogP contribution >= 0.6 is 11.3 Å². The number of carbonyl (C=O) groups excluding carboxylic acids is 2. The molecule has 2 aliphatic heterocycles. The molecule has 1 unspecified atom stereocenters. The van der Waals surface area contributed by atoms with Crippen LogP contribution in [-0.2, 0) is 19.6 Å². The summed E-state index contributed by atoms with van der Waals surface area (Å²) in [5, 5.41) is 18.2. The van der Waals surface area contributed by atoms with E-state index in [0.29, 0.717) is 35.2 Å². The lowest BCUT2D eigenvalue weighted by Crippen LogP contribution is -2.29. The van der Waals surface area contributed by atoms with Crippen LogP contribution in [0.15, 0.2) is 70.4 Å². The van der Waals surface area contributed by atoms with Gasteiger partial charge < -0.3 is 14.6 Å². The zero-order valence-electron chi connectivity index (χ0n) is 17.5. The van der Waals surface area contributed by atoms with Crippen LogP contribution in [-0.4, -0.2) is 38.4 Å². The number of aliphatic hydroxyl groups is 1. The maximum Gasteiger partial charge on any atom is 0.300 e. The number of thiophene rings is 1. The highest BCUT2D eigenvalue weighted by Gasteiger charge is 2.47. The Labute approximate surface area is 198 Å². The third-order valence-electron chi connectivity index (χ3n) is 5.52. The van der Waals surface area contributed by atoms with Crippen molar-refractivity contribution in [2.45, 2.75) is 10.9 Å². The van der Waals surface area contributed by atoms with Gasteiger partial charge in [-0.25, -0.2) is 13.6 Å². The van der Waals surface area contributed by atoms with Gasteiger partial charge in [-0.3, -0.25) is 14.5 Å². The summed E-state index contributed by atoms with van der Waals surface area (Å²) in [7, 11) is -3.93. The maximum absolute atomic E-state index is 13.1. The molecule has 0 radical (unpaired) electrons. The van der Waals surface area contributed by atoms with Crippen LogP contribution in [0.25, 0.3) is 5.76 Å². The smallest absolute Gasteiger partial charge is 0.300 e. The molecular weight excluding hydrogens is 480 g/mol. The minimum atomic E-state index is -3.93. The highest BCUT2D eigenvalue weighted by atomic mass is 32.2. The molecule has 0 saturated carbocycles. The van der Waals surface area contributed by atoms with Gasteiger partial charge in [0.15, 0.2) is 11.5 Å². The molecule has 1 aromatic heterocycles. The van der Waals surface area contributed by atoms with Crippen molar-refractivity contribution in [2.75, 3.05) is 18.1 Å². The molecule has 3 aromatic rings. The fourth-order valence-corrected chi connectivity index (χ4v) is 5.30. The number of aliphatic hydroxyl groups excluding tert-OH is 1. The summed E-state index contributed by atoms with van der Waals surface area (Å²) < 4.78 is 34.3. The highest BCUT2D eigenvalue weighted by Crippen LogP contribution is 2.44. The van der Waals surface area contributed by atoms with Gasteiger partial charge in [0.2, 0.25) is 10.0 Å². The van der Waals surface area contributed by atoms with Gasteiger partial charge in [-0.2, -0.15) is 0 Å². The van der Waals surface area contributed by atoms with Crippen molar-refractivity contribution in [2.24, 2.45) is 5.14 Å². The number of anilines is 1. The van der Waals surface area contributed by atoms with E-state index in [-0.39, 0.29) is 21.9 Å². The summed E-state index contributed by atoms with van der Waals surface area (Å²) in [5.41, 5.74) is 0.502. The first-order valence-corrected chi connectivity index (χ1v) is 12.6. The molecule has 34 heavy (non-hydrogen) atoms. The largest absolute Gasteiger partial charge is 0.507 e. The molecule has 11 heteroatoms. The van der Waals surface area contributed by atoms with Crippen molar-refractivity contribution >= 4 is 44.5 Å². The lowest BCUT2D eigenvalue weighted by Gasteiger charge is -2.24. The normalized spacial score (nSPS) is 19.4. The van der Waals surface area contributed by atoms with Crippen molar-refractivity contribution in [1.29, 1.82) is 0 Å². The molecule has 174 valence electrons. The van der Waals surface area contributed by atoms with Crippen LogP contribution in [0.2, 0.25) is 0 Å². The number of rotatable bonds is 4. The second-order valence-corrected chi connectivity index (χ2v) is 10.1. The van der Waals surface area contributed by atoms with Gasteiger partial charge in [0.1, 0.15) is 25.0 Å². The minimum absolute atomic E-state index is 0.0837. The predicted molar refractivity (Wildman–Crippen MR) is 124 cm³/mol. The van der Waals surface area contributed by atoms with Gasteiger partial charge in [0, 0.05) is 16.1 Å². The first-order chi connectivity index (χ1) is 16.3. The Morgan fingerprint density at radius 3 is 2.38 bits per heavy atom. The predicted octanol–water partition coefficient (Wildman–Crippen LogP) is 2.79. The summed E-state index contributed by atoms with van der Waals surface area (Å²) in [6, 6.07) is 12.7. The highest BCUT2D eigenvalue weighted by molar-refractivity contribution is 7.89. The van der Waals surface area contributed by atoms with E-state index < -0.39 is 27.8 Å². The SMILES string of the molecule is NS(=O)(=O)c1ccc(N2C(=O)C(=O)/C(=C(\O)c3ccc4c(c3)OCCO4)C2c2cccs2)cc1. The molecule has 9 nitrogen and oxygen atoms in total. The number of nitrogens with two attached hydrogens (primary N) is 1. The van der Waals surface area contributed by atoms with Crippen LogP contribution in [0.1, 0.15) is 16.5 Å². The number of primary sulfonamides is 1. The Bertz CT molecular complexity index is 1430. The second kappa shape index (κ2) is 8.28. The molecule has 2 aromatic carbocycles. The van der Waals surface area contributed by atoms with E-state index in [1.807, 2.05) is 0 Å². The lowest BCUT2D eigenvalue weighted by molar-refractivity contribution is -0.132. The van der Waals surface area contributed by atoms with Gasteiger partial charge in [0.05, 0.1) is 10.5 Å². The van der Waals surface area contributed by atoms with Crippen molar-refractivity contribution < 1.29 is 32.6 Å². The molecule has 5 rings (SSSR count). The summed E-state index contributed by atoms with van der Waals surface area (Å²) in [6.07, 6.45) is 0. The van der Waals surface area contributed by atoms with E-state index in [4.69, 9.17) is 14.6 Å². The van der Waals surface area contributed by atoms with Gasteiger partial charge in [0.25, 0.3) is 11.7 Å². The molecule has 1 saturated heterocycles. The third-order valence-corrected chi connectivity index (χ3v) is 7.37. The van der Waals surface area contributed by atoms with Crippen molar-refractivity contribution in [3.63, 3.8) is 0 Å². The summed E-state index contributed by atoms with van der Waals surface area (Å²) in [6.45, 7) is 0.761. The third kappa shape index (κ3) is 3.73. The molecule has 2 aliphatic rings. The molecule has 3 N–H and O–H groups in total. The monoisotopic (exact) mass is 498 g/mol. The van der Waals surface area contributed by atoms with Crippen LogP contribution < -0.4 is 19.5 Å². The van der Waals surface area contributed by atoms with E-state index in [2.05, 4.69) is 0 Å². The molecule has 0 bridgehead atoms. The number of benzene rings is 2. The van der Waals surface area contributed by atoms with E-state index in [9.17, 15) is 23.1 Å². The van der Waals surface area contributed by atoms with Gasteiger partial charge >= 0.3 is 0 Å². The van der Waals surface area contributed by atoms with E-state index in [1.54, 1.807) is 35.7 Å². The van der Waals surface area contributed by atoms with Crippen molar-refractivity contribution in [1.82, 2.24) is 0 Å². The van der Waals surface area contributed by atoms with Crippen LogP contribution in [0.3, 0.4) is 0 Å². The Morgan fingerprint density at radius 2 is 1.74 bits per heavy atom. The van der Waals surface area contributed by atoms with E-state index in [1.165, 1.54) is 40.5 Å². The summed E-state index contributed by atoms with van der Waals surface area (Å²) >= 11 is 1.32. The minimum Gasteiger partial charge on any atom is -0.507 e. The summed E-state index contributed by atoms with van der Waals surface area (Å²) in [4.78, 5) is 28.0. The van der Waals surface area contributed by atoms with Crippen LogP contribution in [0.4, 0.5) is 5.69 Å². The quantitative estimate of drug-likeness (QED) is 0.321. The van der Waals surface area contributed by atoms with Gasteiger partial charge in [-0.05, 0) is 53.9 Å². The van der Waals surface area contributed by atoms with Crippen molar-refractivity contribution in [3.8, 4) is 11.5 Å². The zero-order valence-corrected chi connectivity index (χ0v) is 19.1. The number of nitrogens with zero attached hydrogens (tertiary/aromatic N) is 1. The van der Waals surface area contributed by atoms with E-state index >= 15 is 0 Å². The number of fused-ring (bicyclic) bond motifs is 1. The van der Waals surface area contributed by atoms with E-state index in [0.717, 1.165) is 0 Å². The fraction of sp³-hybridized carbons (Fsp3) is 0.130. The molecule has 1 fully saturated rings. The number of hydrogen-bond acceptors (Lipinski definition) is 8. The Morgan fingerprint density at radius 1 is 1.03 bits per heavy atom. The first kappa shape index (κ1) is 22.1. The first-order valence-electron chi connectivity index (χ1n) is 10.1. The standard InChI is InChI=1S/C23H18N2O7S2/c24-34(29,30)15-6-4-14(5-7-15)25-20(18-2-1-11-33-18)19(22(27)23(25)28)21(26)13-3-8-16-17(12-13)32-10-9-31-16/h1-8,11-12,20,26H,9-10H2,(H2,24,29,30)/b21-19-. The average Bonchev–Trinajstić information content (AvgIpc) is 3.45. The fourth-order valence-electron chi connectivity index (χ4n) is 3.96. The van der Waals surface area contributed by atoms with Crippen molar-refractivity contribution in [3.05, 3.63) is 76.0 Å². The number of ether oxygens (including phenoxy) is 2. The van der Waals surface area contributed by atoms with Crippen LogP contribution in [0.5, 0.6) is 11.5 Å². The molecule has 0 spiro atoms. The summed E-state index contributed by atoms with van der Waals surface area (Å²) in [5.74, 6) is -1.11. The Balaban J connectivity index is 1.64. The molecular formula is C23H18N2O7S2. The Hall–Kier alpha value is -3.67. The number of hydrogen-bond donors (Lipinski definition) is 2. The number of Topliss-reactive ketones (excluding diaryl/α,β-unsaturated/α-hetero) is 1. The molecule has 1 atom stereocenters. The number of amides is 1. The number of sulfonamides is 1. The molecule has 0 aliphatic carbocycles. The van der Waals surface area contributed by atoms with Crippen LogP contribution in [0, 0.1) is 0 Å². The van der Waals surface area contributed by atoms with Gasteiger partial charge in [-0.1, -0.05) is 6.07 Å². The topological polar surface area (TPSA) is 136 Å². The molecule has 1 amide bonds. The average molecular weight is 499 g/mol. The molecule has 3 heterocycles. The van der Waals surface area contributed by atoms with Gasteiger partial charge in [-0.15, -0.1) is 11.3 Å². The Kier molecular flexibility index (Phi) is 5.39.